The number of nitrogens with zero attached hydrogens (tertiary/aromatic N) is 2. The molecular formula is C13H14N2O4. The number of benzene rings is 1. The third-order valence-corrected chi connectivity index (χ3v) is 2.84. The van der Waals surface area contributed by atoms with Gasteiger partial charge in [0.2, 0.25) is 0 Å². The van der Waals surface area contributed by atoms with Crippen LogP contribution in [0.5, 0.6) is 11.5 Å². The van der Waals surface area contributed by atoms with E-state index in [1.54, 1.807) is 32.4 Å². The van der Waals surface area contributed by atoms with Crippen LogP contribution >= 0.6 is 0 Å². The second-order valence-corrected chi connectivity index (χ2v) is 3.91. The Hall–Kier alpha value is -2.50. The van der Waals surface area contributed by atoms with Gasteiger partial charge in [0.05, 0.1) is 20.4 Å². The van der Waals surface area contributed by atoms with Crippen LogP contribution in [0.25, 0.3) is 11.1 Å². The SMILES string of the molecule is COc1ccc(-c2cnn(C)c2C(=O)O)cc1OC. The molecule has 0 aliphatic rings. The predicted octanol–water partition coefficient (Wildman–Crippen LogP) is 1.80. The highest BCUT2D eigenvalue weighted by Crippen LogP contribution is 2.33. The van der Waals surface area contributed by atoms with Crippen molar-refractivity contribution < 1.29 is 19.4 Å². The number of aromatic nitrogens is 2. The molecule has 2 aromatic rings. The van der Waals surface area contributed by atoms with Gasteiger partial charge in [0.25, 0.3) is 0 Å². The quantitative estimate of drug-likeness (QED) is 0.909. The van der Waals surface area contributed by atoms with E-state index < -0.39 is 5.97 Å². The van der Waals surface area contributed by atoms with E-state index in [0.717, 1.165) is 0 Å². The van der Waals surface area contributed by atoms with E-state index in [1.165, 1.54) is 18.0 Å². The minimum atomic E-state index is -1.02. The summed E-state index contributed by atoms with van der Waals surface area (Å²) in [5.74, 6) is 0.108. The van der Waals surface area contributed by atoms with E-state index in [9.17, 15) is 9.90 Å². The first kappa shape index (κ1) is 12.9. The van der Waals surface area contributed by atoms with Crippen molar-refractivity contribution in [2.75, 3.05) is 14.2 Å². The molecule has 0 bridgehead atoms. The third-order valence-electron chi connectivity index (χ3n) is 2.84. The lowest BCUT2D eigenvalue weighted by molar-refractivity contribution is 0.0686. The first-order valence-corrected chi connectivity index (χ1v) is 5.56. The molecule has 0 aliphatic heterocycles. The van der Waals surface area contributed by atoms with Crippen LogP contribution in [0.1, 0.15) is 10.5 Å². The minimum Gasteiger partial charge on any atom is -0.493 e. The Bertz CT molecular complexity index is 619. The summed E-state index contributed by atoms with van der Waals surface area (Å²) in [6.45, 7) is 0. The Morgan fingerprint density at radius 3 is 2.53 bits per heavy atom. The van der Waals surface area contributed by atoms with Gasteiger partial charge in [0.15, 0.2) is 17.2 Å². The summed E-state index contributed by atoms with van der Waals surface area (Å²) in [5, 5.41) is 13.2. The van der Waals surface area contributed by atoms with Crippen LogP contribution in [-0.2, 0) is 7.05 Å². The molecule has 19 heavy (non-hydrogen) atoms. The molecule has 0 aliphatic carbocycles. The molecular weight excluding hydrogens is 248 g/mol. The summed E-state index contributed by atoms with van der Waals surface area (Å²) in [6, 6.07) is 5.22. The molecule has 1 heterocycles. The van der Waals surface area contributed by atoms with Crippen molar-refractivity contribution >= 4 is 5.97 Å². The number of methoxy groups -OCH3 is 2. The van der Waals surface area contributed by atoms with Crippen molar-refractivity contribution in [3.05, 3.63) is 30.1 Å². The summed E-state index contributed by atoms with van der Waals surface area (Å²) in [7, 11) is 4.67. The van der Waals surface area contributed by atoms with Crippen LogP contribution in [0, 0.1) is 0 Å². The molecule has 100 valence electrons. The predicted molar refractivity (Wildman–Crippen MR) is 68.7 cm³/mol. The minimum absolute atomic E-state index is 0.132. The maximum absolute atomic E-state index is 11.2. The molecule has 0 fully saturated rings. The van der Waals surface area contributed by atoms with E-state index in [-0.39, 0.29) is 5.69 Å². The van der Waals surface area contributed by atoms with Gasteiger partial charge in [-0.15, -0.1) is 0 Å². The first-order chi connectivity index (χ1) is 9.08. The Labute approximate surface area is 110 Å². The molecule has 0 radical (unpaired) electrons. The monoisotopic (exact) mass is 262 g/mol. The number of carbonyl (C=O) groups is 1. The molecule has 2 rings (SSSR count). The number of ether oxygens (including phenoxy) is 2. The van der Waals surface area contributed by atoms with E-state index >= 15 is 0 Å². The van der Waals surface area contributed by atoms with Gasteiger partial charge in [-0.05, 0) is 17.7 Å². The van der Waals surface area contributed by atoms with E-state index in [2.05, 4.69) is 5.10 Å². The molecule has 6 nitrogen and oxygen atoms in total. The van der Waals surface area contributed by atoms with Gasteiger partial charge in [0.1, 0.15) is 0 Å². The van der Waals surface area contributed by atoms with Gasteiger partial charge in [-0.25, -0.2) is 4.79 Å². The van der Waals surface area contributed by atoms with Crippen LogP contribution < -0.4 is 9.47 Å². The lowest BCUT2D eigenvalue weighted by Gasteiger charge is -2.09. The number of carboxylic acid groups (broad SMARTS) is 1. The molecule has 0 saturated heterocycles. The Morgan fingerprint density at radius 1 is 1.26 bits per heavy atom. The summed E-state index contributed by atoms with van der Waals surface area (Å²) in [6.07, 6.45) is 1.52. The summed E-state index contributed by atoms with van der Waals surface area (Å²) < 4.78 is 11.7. The highest BCUT2D eigenvalue weighted by Gasteiger charge is 2.18. The second-order valence-electron chi connectivity index (χ2n) is 3.91. The average Bonchev–Trinajstić information content (AvgIpc) is 2.79. The van der Waals surface area contributed by atoms with Gasteiger partial charge >= 0.3 is 5.97 Å². The highest BCUT2D eigenvalue weighted by molar-refractivity contribution is 5.94. The lowest BCUT2D eigenvalue weighted by Crippen LogP contribution is -2.06. The third kappa shape index (κ3) is 2.24. The van der Waals surface area contributed by atoms with Crippen molar-refractivity contribution in [1.29, 1.82) is 0 Å². The normalized spacial score (nSPS) is 10.3. The lowest BCUT2D eigenvalue weighted by atomic mass is 10.1. The zero-order chi connectivity index (χ0) is 14.0. The average molecular weight is 262 g/mol. The number of carboxylic acids is 1. The fourth-order valence-electron chi connectivity index (χ4n) is 1.91. The molecule has 6 heteroatoms. The van der Waals surface area contributed by atoms with Crippen LogP contribution in [0.4, 0.5) is 0 Å². The maximum atomic E-state index is 11.2. The molecule has 0 amide bonds. The molecule has 1 aromatic heterocycles. The Morgan fingerprint density at radius 2 is 1.95 bits per heavy atom. The van der Waals surface area contributed by atoms with Gasteiger partial charge in [0, 0.05) is 12.6 Å². The van der Waals surface area contributed by atoms with Gasteiger partial charge in [-0.3, -0.25) is 4.68 Å². The van der Waals surface area contributed by atoms with Crippen LogP contribution in [-0.4, -0.2) is 35.1 Å². The van der Waals surface area contributed by atoms with Gasteiger partial charge in [-0.2, -0.15) is 5.10 Å². The van der Waals surface area contributed by atoms with Gasteiger partial charge in [-0.1, -0.05) is 6.07 Å². The number of aryl methyl sites for hydroxylation is 1. The molecule has 1 aromatic carbocycles. The second kappa shape index (κ2) is 5.01. The van der Waals surface area contributed by atoms with Crippen molar-refractivity contribution in [1.82, 2.24) is 9.78 Å². The topological polar surface area (TPSA) is 73.6 Å². The fourth-order valence-corrected chi connectivity index (χ4v) is 1.91. The number of hydrogen-bond donors (Lipinski definition) is 1. The number of hydrogen-bond acceptors (Lipinski definition) is 4. The van der Waals surface area contributed by atoms with Gasteiger partial charge < -0.3 is 14.6 Å². The standard InChI is InChI=1S/C13H14N2O4/c1-15-12(13(16)17)9(7-14-15)8-4-5-10(18-2)11(6-8)19-3/h4-7H,1-3H3,(H,16,17). The Balaban J connectivity index is 2.57. The molecule has 0 atom stereocenters. The summed E-state index contributed by atoms with van der Waals surface area (Å²) in [4.78, 5) is 11.2. The van der Waals surface area contributed by atoms with E-state index in [0.29, 0.717) is 22.6 Å². The number of aromatic carboxylic acids is 1. The van der Waals surface area contributed by atoms with Crippen LogP contribution in [0.3, 0.4) is 0 Å². The Kier molecular flexibility index (Phi) is 3.41. The molecule has 1 N–H and O–H groups in total. The smallest absolute Gasteiger partial charge is 0.354 e. The maximum Gasteiger partial charge on any atom is 0.354 e. The van der Waals surface area contributed by atoms with Crippen molar-refractivity contribution in [2.24, 2.45) is 7.05 Å². The zero-order valence-electron chi connectivity index (χ0n) is 10.9. The highest BCUT2D eigenvalue weighted by atomic mass is 16.5. The van der Waals surface area contributed by atoms with Crippen molar-refractivity contribution in [2.45, 2.75) is 0 Å². The molecule has 0 saturated carbocycles. The first-order valence-electron chi connectivity index (χ1n) is 5.56. The molecule has 0 unspecified atom stereocenters. The van der Waals surface area contributed by atoms with Crippen molar-refractivity contribution in [3.8, 4) is 22.6 Å². The largest absolute Gasteiger partial charge is 0.493 e. The molecule has 0 spiro atoms. The summed E-state index contributed by atoms with van der Waals surface area (Å²) >= 11 is 0. The number of rotatable bonds is 4. The zero-order valence-corrected chi connectivity index (χ0v) is 10.9. The van der Waals surface area contributed by atoms with E-state index in [1.807, 2.05) is 0 Å². The van der Waals surface area contributed by atoms with Crippen LogP contribution in [0.2, 0.25) is 0 Å². The fraction of sp³-hybridized carbons (Fsp3) is 0.231. The summed E-state index contributed by atoms with van der Waals surface area (Å²) in [5.41, 5.74) is 1.38. The van der Waals surface area contributed by atoms with Crippen molar-refractivity contribution in [3.63, 3.8) is 0 Å². The van der Waals surface area contributed by atoms with Crippen LogP contribution in [0.15, 0.2) is 24.4 Å². The van der Waals surface area contributed by atoms with E-state index in [4.69, 9.17) is 9.47 Å².